The molecule has 1 N–H and O–H groups in total. The van der Waals surface area contributed by atoms with E-state index in [2.05, 4.69) is 20.2 Å². The van der Waals surface area contributed by atoms with Crippen LogP contribution in [0.1, 0.15) is 22.5 Å². The number of rotatable bonds is 6. The van der Waals surface area contributed by atoms with E-state index in [0.717, 1.165) is 30.2 Å². The lowest BCUT2D eigenvalue weighted by Crippen LogP contribution is -2.31. The van der Waals surface area contributed by atoms with Crippen LogP contribution in [-0.4, -0.2) is 66.0 Å². The summed E-state index contributed by atoms with van der Waals surface area (Å²) in [6, 6.07) is 7.43. The Morgan fingerprint density at radius 3 is 2.88 bits per heavy atom. The van der Waals surface area contributed by atoms with Crippen LogP contribution < -0.4 is 10.1 Å². The monoisotopic (exact) mass is 355 g/mol. The largest absolute Gasteiger partial charge is 0.488 e. The molecule has 1 amide bonds. The molecule has 0 saturated carbocycles. The van der Waals surface area contributed by atoms with Crippen molar-refractivity contribution >= 4 is 11.7 Å². The first-order valence-electron chi connectivity index (χ1n) is 8.74. The molecule has 0 bridgehead atoms. The van der Waals surface area contributed by atoms with Crippen molar-refractivity contribution in [2.75, 3.05) is 39.5 Å². The van der Waals surface area contributed by atoms with Crippen LogP contribution >= 0.6 is 0 Å². The van der Waals surface area contributed by atoms with Crippen molar-refractivity contribution in [2.45, 2.75) is 19.1 Å². The fourth-order valence-electron chi connectivity index (χ4n) is 2.99. The first kappa shape index (κ1) is 18.1. The van der Waals surface area contributed by atoms with Gasteiger partial charge in [0.05, 0.1) is 17.8 Å². The molecule has 3 heterocycles. The van der Waals surface area contributed by atoms with Crippen LogP contribution in [-0.2, 0) is 6.54 Å². The average molecular weight is 355 g/mol. The van der Waals surface area contributed by atoms with Gasteiger partial charge in [-0.25, -0.2) is 4.98 Å². The molecular formula is C19H25N5O2. The predicted molar refractivity (Wildman–Crippen MR) is 100 cm³/mol. The fraction of sp³-hybridized carbons (Fsp3) is 0.421. The zero-order chi connectivity index (χ0) is 18.5. The molecule has 7 heteroatoms. The summed E-state index contributed by atoms with van der Waals surface area (Å²) in [6.07, 6.45) is 4.19. The Bertz CT molecular complexity index is 748. The van der Waals surface area contributed by atoms with Crippen molar-refractivity contribution in [1.82, 2.24) is 19.8 Å². The Labute approximate surface area is 154 Å². The van der Waals surface area contributed by atoms with Crippen LogP contribution in [0.15, 0.2) is 36.7 Å². The number of anilines is 1. The lowest BCUT2D eigenvalue weighted by atomic mass is 10.2. The van der Waals surface area contributed by atoms with Crippen LogP contribution in [0, 0.1) is 0 Å². The van der Waals surface area contributed by atoms with Crippen LogP contribution in [0.25, 0.3) is 0 Å². The fourth-order valence-corrected chi connectivity index (χ4v) is 2.99. The van der Waals surface area contributed by atoms with Gasteiger partial charge < -0.3 is 19.9 Å². The molecule has 3 rings (SSSR count). The number of carbonyl (C=O) groups is 1. The number of likely N-dealkylation sites (tertiary alicyclic amines) is 1. The maximum atomic E-state index is 12.6. The van der Waals surface area contributed by atoms with Gasteiger partial charge in [-0.15, -0.1) is 0 Å². The molecule has 1 atom stereocenters. The molecular weight excluding hydrogens is 330 g/mol. The highest BCUT2D eigenvalue weighted by Crippen LogP contribution is 2.20. The van der Waals surface area contributed by atoms with E-state index in [1.54, 1.807) is 31.6 Å². The molecule has 26 heavy (non-hydrogen) atoms. The zero-order valence-corrected chi connectivity index (χ0v) is 15.5. The molecule has 0 aliphatic carbocycles. The summed E-state index contributed by atoms with van der Waals surface area (Å²) in [5, 5.41) is 2.95. The number of hydrogen-bond acceptors (Lipinski definition) is 6. The van der Waals surface area contributed by atoms with E-state index >= 15 is 0 Å². The summed E-state index contributed by atoms with van der Waals surface area (Å²) in [5.41, 5.74) is 1.57. The van der Waals surface area contributed by atoms with Crippen molar-refractivity contribution in [3.63, 3.8) is 0 Å². The van der Waals surface area contributed by atoms with E-state index in [1.165, 1.54) is 0 Å². The normalized spacial score (nSPS) is 16.8. The van der Waals surface area contributed by atoms with Gasteiger partial charge in [-0.3, -0.25) is 9.78 Å². The number of amides is 1. The van der Waals surface area contributed by atoms with E-state index in [1.807, 2.05) is 31.1 Å². The molecule has 1 saturated heterocycles. The lowest BCUT2D eigenvalue weighted by molar-refractivity contribution is 0.0772. The quantitative estimate of drug-likeness (QED) is 0.853. The Morgan fingerprint density at radius 2 is 2.19 bits per heavy atom. The average Bonchev–Trinajstić information content (AvgIpc) is 3.09. The second-order valence-electron chi connectivity index (χ2n) is 6.68. The summed E-state index contributed by atoms with van der Waals surface area (Å²) in [5.74, 6) is 1.54. The third kappa shape index (κ3) is 4.49. The standard InChI is InChI=1S/C19H25N5O2/c1-20-18-5-4-14(11-22-18)19(25)24-9-7-17(13-24)26-16-6-8-21-15(10-16)12-23(2)3/h4-6,8,10-11,17H,7,9,12-13H2,1-3H3,(H,20,22). The van der Waals surface area contributed by atoms with Crippen LogP contribution in [0.2, 0.25) is 0 Å². The topological polar surface area (TPSA) is 70.6 Å². The molecule has 138 valence electrons. The number of carbonyl (C=O) groups excluding carboxylic acids is 1. The summed E-state index contributed by atoms with van der Waals surface area (Å²) in [7, 11) is 5.82. The minimum absolute atomic E-state index is 0.00176. The van der Waals surface area contributed by atoms with Gasteiger partial charge in [0, 0.05) is 45.0 Å². The minimum atomic E-state index is -0.00530. The van der Waals surface area contributed by atoms with Gasteiger partial charge in [0.15, 0.2) is 0 Å². The van der Waals surface area contributed by atoms with E-state index < -0.39 is 0 Å². The summed E-state index contributed by atoms with van der Waals surface area (Å²) in [6.45, 7) is 2.03. The number of aromatic nitrogens is 2. The van der Waals surface area contributed by atoms with Crippen LogP contribution in [0.5, 0.6) is 5.75 Å². The summed E-state index contributed by atoms with van der Waals surface area (Å²) < 4.78 is 6.07. The minimum Gasteiger partial charge on any atom is -0.488 e. The van der Waals surface area contributed by atoms with Gasteiger partial charge in [0.1, 0.15) is 17.7 Å². The SMILES string of the molecule is CNc1ccc(C(=O)N2CCC(Oc3ccnc(CN(C)C)c3)C2)cn1. The van der Waals surface area contributed by atoms with Gasteiger partial charge >= 0.3 is 0 Å². The maximum Gasteiger partial charge on any atom is 0.255 e. The van der Waals surface area contributed by atoms with Crippen LogP contribution in [0.3, 0.4) is 0 Å². The molecule has 1 aliphatic heterocycles. The lowest BCUT2D eigenvalue weighted by Gasteiger charge is -2.18. The van der Waals surface area contributed by atoms with Gasteiger partial charge in [0.25, 0.3) is 5.91 Å². The first-order valence-corrected chi connectivity index (χ1v) is 8.74. The Kier molecular flexibility index (Phi) is 5.68. The molecule has 0 aromatic carbocycles. The van der Waals surface area contributed by atoms with Crippen molar-refractivity contribution in [3.8, 4) is 5.75 Å². The van der Waals surface area contributed by atoms with Crippen molar-refractivity contribution < 1.29 is 9.53 Å². The zero-order valence-electron chi connectivity index (χ0n) is 15.5. The third-order valence-electron chi connectivity index (χ3n) is 4.27. The maximum absolute atomic E-state index is 12.6. The molecule has 7 nitrogen and oxygen atoms in total. The first-order chi connectivity index (χ1) is 12.5. The third-order valence-corrected chi connectivity index (χ3v) is 4.27. The number of ether oxygens (including phenoxy) is 1. The number of nitrogens with zero attached hydrogens (tertiary/aromatic N) is 4. The smallest absolute Gasteiger partial charge is 0.255 e. The van der Waals surface area contributed by atoms with Crippen molar-refractivity contribution in [3.05, 3.63) is 47.9 Å². The second-order valence-corrected chi connectivity index (χ2v) is 6.68. The highest BCUT2D eigenvalue weighted by molar-refractivity contribution is 5.94. The molecule has 1 fully saturated rings. The van der Waals surface area contributed by atoms with E-state index in [4.69, 9.17) is 4.74 Å². The van der Waals surface area contributed by atoms with Crippen molar-refractivity contribution in [2.24, 2.45) is 0 Å². The van der Waals surface area contributed by atoms with Gasteiger partial charge in [-0.1, -0.05) is 0 Å². The predicted octanol–water partition coefficient (Wildman–Crippen LogP) is 1.87. The van der Waals surface area contributed by atoms with E-state index in [9.17, 15) is 4.79 Å². The summed E-state index contributed by atoms with van der Waals surface area (Å²) in [4.78, 5) is 25.1. The van der Waals surface area contributed by atoms with Gasteiger partial charge in [0.2, 0.25) is 0 Å². The number of hydrogen-bond donors (Lipinski definition) is 1. The molecule has 1 unspecified atom stereocenters. The van der Waals surface area contributed by atoms with E-state index in [-0.39, 0.29) is 12.0 Å². The van der Waals surface area contributed by atoms with Gasteiger partial charge in [-0.05, 0) is 32.3 Å². The van der Waals surface area contributed by atoms with Gasteiger partial charge in [-0.2, -0.15) is 0 Å². The number of pyridine rings is 2. The van der Waals surface area contributed by atoms with Crippen LogP contribution in [0.4, 0.5) is 5.82 Å². The Balaban J connectivity index is 1.59. The second kappa shape index (κ2) is 8.14. The van der Waals surface area contributed by atoms with Crippen molar-refractivity contribution in [1.29, 1.82) is 0 Å². The molecule has 0 radical (unpaired) electrons. The highest BCUT2D eigenvalue weighted by atomic mass is 16.5. The highest BCUT2D eigenvalue weighted by Gasteiger charge is 2.28. The molecule has 2 aromatic rings. The molecule has 0 spiro atoms. The number of nitrogens with one attached hydrogen (secondary N) is 1. The Hall–Kier alpha value is -2.67. The molecule has 1 aliphatic rings. The Morgan fingerprint density at radius 1 is 1.35 bits per heavy atom. The molecule has 2 aromatic heterocycles. The van der Waals surface area contributed by atoms with E-state index in [0.29, 0.717) is 18.7 Å². The summed E-state index contributed by atoms with van der Waals surface area (Å²) >= 11 is 0.